The molecule has 1 heterocycles. The minimum atomic E-state index is -0.559. The molecule has 0 aromatic carbocycles. The molecule has 1 saturated carbocycles. The third-order valence-electron chi connectivity index (χ3n) is 3.80. The van der Waals surface area contributed by atoms with Crippen LogP contribution in [0.1, 0.15) is 36.5 Å². The number of nitrogens with one attached hydrogen (secondary N) is 2. The highest BCUT2D eigenvalue weighted by Crippen LogP contribution is 2.39. The molecule has 1 amide bonds. The molecule has 0 spiro atoms. The molecule has 1 aliphatic carbocycles. The van der Waals surface area contributed by atoms with Gasteiger partial charge in [0.25, 0.3) is 11.6 Å². The van der Waals surface area contributed by atoms with E-state index in [1.165, 1.54) is 12.5 Å². The van der Waals surface area contributed by atoms with Crippen LogP contribution in [-0.2, 0) is 0 Å². The van der Waals surface area contributed by atoms with Crippen LogP contribution in [0.4, 0.5) is 11.5 Å². The van der Waals surface area contributed by atoms with Gasteiger partial charge in [0.15, 0.2) is 0 Å². The maximum Gasteiger partial charge on any atom is 0.288 e. The molecular weight excluding hydrogens is 260 g/mol. The summed E-state index contributed by atoms with van der Waals surface area (Å²) in [5.41, 5.74) is 0.164. The van der Waals surface area contributed by atoms with E-state index in [-0.39, 0.29) is 22.6 Å². The lowest BCUT2D eigenvalue weighted by Crippen LogP contribution is -2.40. The minimum Gasteiger partial charge on any atom is -0.372 e. The van der Waals surface area contributed by atoms with Gasteiger partial charge in [-0.1, -0.05) is 13.3 Å². The first-order valence-electron chi connectivity index (χ1n) is 6.55. The van der Waals surface area contributed by atoms with Crippen molar-refractivity contribution in [1.82, 2.24) is 10.3 Å². The highest BCUT2D eigenvalue weighted by molar-refractivity contribution is 5.99. The summed E-state index contributed by atoms with van der Waals surface area (Å²) in [5.74, 6) is 0.00513. The molecule has 0 saturated heterocycles. The molecule has 108 valence electrons. The first-order valence-corrected chi connectivity index (χ1v) is 6.55. The van der Waals surface area contributed by atoms with Crippen LogP contribution in [-0.4, -0.2) is 29.4 Å². The van der Waals surface area contributed by atoms with E-state index < -0.39 is 4.92 Å². The summed E-state index contributed by atoms with van der Waals surface area (Å²) < 4.78 is 0. The minimum absolute atomic E-state index is 0.156. The van der Waals surface area contributed by atoms with E-state index in [0.717, 1.165) is 19.0 Å². The number of anilines is 1. The molecule has 7 heteroatoms. The predicted molar refractivity (Wildman–Crippen MR) is 74.7 cm³/mol. The number of rotatable bonds is 5. The zero-order chi connectivity index (χ0) is 14.8. The number of carbonyl (C=O) groups is 1. The van der Waals surface area contributed by atoms with Crippen molar-refractivity contribution in [2.45, 2.75) is 26.2 Å². The summed E-state index contributed by atoms with van der Waals surface area (Å²) >= 11 is 0. The van der Waals surface area contributed by atoms with E-state index >= 15 is 0 Å². The number of hydrogen-bond acceptors (Lipinski definition) is 5. The van der Waals surface area contributed by atoms with Crippen molar-refractivity contribution >= 4 is 17.4 Å². The quantitative estimate of drug-likeness (QED) is 0.633. The first-order chi connectivity index (χ1) is 9.45. The van der Waals surface area contributed by atoms with Gasteiger partial charge in [-0.25, -0.2) is 4.98 Å². The Morgan fingerprint density at radius 2 is 2.25 bits per heavy atom. The van der Waals surface area contributed by atoms with Crippen LogP contribution in [0.25, 0.3) is 0 Å². The van der Waals surface area contributed by atoms with Crippen LogP contribution in [0, 0.1) is 15.5 Å². The molecular formula is C13H18N4O3. The van der Waals surface area contributed by atoms with E-state index in [1.807, 2.05) is 0 Å². The molecule has 1 fully saturated rings. The summed E-state index contributed by atoms with van der Waals surface area (Å²) in [5, 5.41) is 16.4. The number of carbonyl (C=O) groups excluding carboxylic acids is 1. The van der Waals surface area contributed by atoms with Gasteiger partial charge >= 0.3 is 0 Å². The van der Waals surface area contributed by atoms with E-state index in [0.29, 0.717) is 12.4 Å². The molecule has 20 heavy (non-hydrogen) atoms. The molecule has 1 aromatic heterocycles. The van der Waals surface area contributed by atoms with Crippen molar-refractivity contribution in [3.05, 3.63) is 27.9 Å². The molecule has 1 aromatic rings. The Kier molecular flexibility index (Phi) is 3.87. The molecule has 0 atom stereocenters. The fourth-order valence-electron chi connectivity index (χ4n) is 2.27. The Hall–Kier alpha value is -2.18. The monoisotopic (exact) mass is 278 g/mol. The van der Waals surface area contributed by atoms with Gasteiger partial charge in [0.05, 0.1) is 10.5 Å². The van der Waals surface area contributed by atoms with Crippen LogP contribution < -0.4 is 10.6 Å². The van der Waals surface area contributed by atoms with Gasteiger partial charge in [-0.15, -0.1) is 0 Å². The maximum absolute atomic E-state index is 12.2. The lowest BCUT2D eigenvalue weighted by atomic mass is 9.70. The van der Waals surface area contributed by atoms with E-state index in [9.17, 15) is 14.9 Å². The molecule has 7 nitrogen and oxygen atoms in total. The van der Waals surface area contributed by atoms with Crippen LogP contribution in [0.2, 0.25) is 0 Å². The highest BCUT2D eigenvalue weighted by Gasteiger charge is 2.32. The normalized spacial score (nSPS) is 16.1. The summed E-state index contributed by atoms with van der Waals surface area (Å²) in [4.78, 5) is 26.3. The van der Waals surface area contributed by atoms with E-state index in [2.05, 4.69) is 22.5 Å². The number of aromatic nitrogens is 1. The van der Waals surface area contributed by atoms with Crippen molar-refractivity contribution in [3.8, 4) is 0 Å². The molecule has 0 bridgehead atoms. The Labute approximate surface area is 116 Å². The third-order valence-corrected chi connectivity index (χ3v) is 3.80. The van der Waals surface area contributed by atoms with Gasteiger partial charge in [-0.2, -0.15) is 0 Å². The Bertz CT molecular complexity index is 540. The number of nitro groups is 1. The van der Waals surface area contributed by atoms with Gasteiger partial charge in [0.1, 0.15) is 12.0 Å². The van der Waals surface area contributed by atoms with Crippen molar-refractivity contribution in [3.63, 3.8) is 0 Å². The van der Waals surface area contributed by atoms with Gasteiger partial charge in [0.2, 0.25) is 0 Å². The smallest absolute Gasteiger partial charge is 0.288 e. The predicted octanol–water partition coefficient (Wildman–Crippen LogP) is 1.95. The van der Waals surface area contributed by atoms with Gasteiger partial charge < -0.3 is 10.6 Å². The summed E-state index contributed by atoms with van der Waals surface area (Å²) in [7, 11) is 1.62. The maximum atomic E-state index is 12.2. The van der Waals surface area contributed by atoms with Crippen LogP contribution >= 0.6 is 0 Å². The molecule has 0 radical (unpaired) electrons. The molecule has 0 unspecified atom stereocenters. The highest BCUT2D eigenvalue weighted by atomic mass is 16.6. The lowest BCUT2D eigenvalue weighted by molar-refractivity contribution is -0.385. The summed E-state index contributed by atoms with van der Waals surface area (Å²) in [6.07, 6.45) is 4.51. The Balaban J connectivity index is 2.14. The SMILES string of the molecule is CNc1ncc([N+](=O)[O-])cc1C(=O)NCC1(C)CCC1. The van der Waals surface area contributed by atoms with Crippen molar-refractivity contribution < 1.29 is 9.72 Å². The fourth-order valence-corrected chi connectivity index (χ4v) is 2.27. The standard InChI is InChI=1S/C13H18N4O3/c1-13(4-3-5-13)8-16-12(18)10-6-9(17(19)20)7-15-11(10)14-2/h6-7H,3-5,8H2,1-2H3,(H,14,15)(H,16,18). The van der Waals surface area contributed by atoms with Crippen molar-refractivity contribution in [2.24, 2.45) is 5.41 Å². The van der Waals surface area contributed by atoms with Crippen molar-refractivity contribution in [2.75, 3.05) is 18.9 Å². The van der Waals surface area contributed by atoms with Gasteiger partial charge in [-0.3, -0.25) is 14.9 Å². The third kappa shape index (κ3) is 2.87. The molecule has 2 rings (SSSR count). The molecule has 2 N–H and O–H groups in total. The van der Waals surface area contributed by atoms with E-state index in [4.69, 9.17) is 0 Å². The topological polar surface area (TPSA) is 97.2 Å². The zero-order valence-corrected chi connectivity index (χ0v) is 11.6. The lowest BCUT2D eigenvalue weighted by Gasteiger charge is -2.38. The number of nitrogens with zero attached hydrogens (tertiary/aromatic N) is 2. The van der Waals surface area contributed by atoms with Crippen LogP contribution in [0.3, 0.4) is 0 Å². The summed E-state index contributed by atoms with van der Waals surface area (Å²) in [6, 6.07) is 1.25. The second-order valence-corrected chi connectivity index (χ2v) is 5.44. The van der Waals surface area contributed by atoms with Crippen LogP contribution in [0.15, 0.2) is 12.3 Å². The average molecular weight is 278 g/mol. The Morgan fingerprint density at radius 1 is 1.55 bits per heavy atom. The van der Waals surface area contributed by atoms with E-state index in [1.54, 1.807) is 7.05 Å². The Morgan fingerprint density at radius 3 is 2.75 bits per heavy atom. The number of amides is 1. The number of hydrogen-bond donors (Lipinski definition) is 2. The fraction of sp³-hybridized carbons (Fsp3) is 0.538. The zero-order valence-electron chi connectivity index (χ0n) is 11.6. The average Bonchev–Trinajstić information content (AvgIpc) is 2.41. The summed E-state index contributed by atoms with van der Waals surface area (Å²) in [6.45, 7) is 2.71. The first kappa shape index (κ1) is 14.2. The molecule has 0 aliphatic heterocycles. The second-order valence-electron chi connectivity index (χ2n) is 5.44. The largest absolute Gasteiger partial charge is 0.372 e. The van der Waals surface area contributed by atoms with Crippen molar-refractivity contribution in [1.29, 1.82) is 0 Å². The van der Waals surface area contributed by atoms with Gasteiger partial charge in [0, 0.05) is 19.7 Å². The molecule has 1 aliphatic rings. The van der Waals surface area contributed by atoms with Gasteiger partial charge in [-0.05, 0) is 18.3 Å². The van der Waals surface area contributed by atoms with Crippen LogP contribution in [0.5, 0.6) is 0 Å². The number of pyridine rings is 1. The second kappa shape index (κ2) is 5.44.